The van der Waals surface area contributed by atoms with Crippen LogP contribution in [0.15, 0.2) is 0 Å². The molecule has 0 spiro atoms. The number of aliphatic hydroxyl groups is 1. The van der Waals surface area contributed by atoms with Crippen LogP contribution in [-0.2, 0) is 9.59 Å². The van der Waals surface area contributed by atoms with Crippen molar-refractivity contribution >= 4 is 11.8 Å². The van der Waals surface area contributed by atoms with Gasteiger partial charge in [-0.1, -0.05) is 84.0 Å². The minimum Gasteiger partial charge on any atom is -0.479 e. The Bertz CT molecular complexity index is 323. The molecule has 0 saturated carbocycles. The van der Waals surface area contributed by atoms with E-state index in [0.717, 1.165) is 19.8 Å². The van der Waals surface area contributed by atoms with Crippen LogP contribution < -0.4 is 0 Å². The van der Waals surface area contributed by atoms with Crippen LogP contribution in [0.3, 0.4) is 0 Å². The van der Waals surface area contributed by atoms with Gasteiger partial charge in [0.2, 0.25) is 5.60 Å². The van der Waals surface area contributed by atoms with Crippen LogP contribution in [0.5, 0.6) is 0 Å². The number of carbonyl (C=O) groups is 2. The van der Waals surface area contributed by atoms with E-state index in [4.69, 9.17) is 5.11 Å². The molecule has 0 bridgehead atoms. The molecule has 23 heavy (non-hydrogen) atoms. The lowest BCUT2D eigenvalue weighted by Gasteiger charge is -2.15. The first-order chi connectivity index (χ1) is 10.9. The van der Waals surface area contributed by atoms with Crippen LogP contribution >= 0.6 is 0 Å². The van der Waals surface area contributed by atoms with E-state index in [1.165, 1.54) is 64.2 Å². The molecule has 1 unspecified atom stereocenters. The molecule has 0 fully saturated rings. The van der Waals surface area contributed by atoms with Crippen molar-refractivity contribution in [2.75, 3.05) is 0 Å². The highest BCUT2D eigenvalue weighted by Gasteiger charge is 2.37. The van der Waals surface area contributed by atoms with Crippen LogP contribution in [-0.4, -0.2) is 27.6 Å². The minimum atomic E-state index is -2.23. The lowest BCUT2D eigenvalue weighted by atomic mass is 9.96. The van der Waals surface area contributed by atoms with E-state index >= 15 is 0 Å². The summed E-state index contributed by atoms with van der Waals surface area (Å²) < 4.78 is 0. The van der Waals surface area contributed by atoms with Crippen molar-refractivity contribution in [3.8, 4) is 0 Å². The molecule has 1 atom stereocenters. The third-order valence-corrected chi connectivity index (χ3v) is 4.47. The largest absolute Gasteiger partial charge is 0.479 e. The fourth-order valence-electron chi connectivity index (χ4n) is 2.67. The van der Waals surface area contributed by atoms with Crippen LogP contribution in [0.4, 0.5) is 0 Å². The predicted molar refractivity (Wildman–Crippen MR) is 93.6 cm³/mol. The van der Waals surface area contributed by atoms with E-state index in [2.05, 4.69) is 6.92 Å². The molecule has 2 N–H and O–H groups in total. The van der Waals surface area contributed by atoms with Crippen molar-refractivity contribution in [1.29, 1.82) is 0 Å². The van der Waals surface area contributed by atoms with Crippen LogP contribution in [0.1, 0.15) is 104 Å². The highest BCUT2D eigenvalue weighted by atomic mass is 16.4. The number of carbonyl (C=O) groups excluding carboxylic acids is 1. The molecule has 0 aromatic carbocycles. The second-order valence-corrected chi connectivity index (χ2v) is 6.79. The summed E-state index contributed by atoms with van der Waals surface area (Å²) in [6.45, 7) is 3.30. The highest BCUT2D eigenvalue weighted by molar-refractivity contribution is 6.05. The first-order valence-electron chi connectivity index (χ1n) is 9.42. The third kappa shape index (κ3) is 11.3. The Morgan fingerprint density at radius 3 is 1.43 bits per heavy atom. The summed E-state index contributed by atoms with van der Waals surface area (Å²) in [4.78, 5) is 22.3. The van der Waals surface area contributed by atoms with Crippen molar-refractivity contribution in [3.05, 3.63) is 0 Å². The van der Waals surface area contributed by atoms with Gasteiger partial charge in [-0.05, 0) is 13.3 Å². The fourth-order valence-corrected chi connectivity index (χ4v) is 2.67. The molecule has 0 saturated heterocycles. The second kappa shape index (κ2) is 13.5. The van der Waals surface area contributed by atoms with Crippen molar-refractivity contribution < 1.29 is 19.8 Å². The number of carboxylic acid groups (broad SMARTS) is 1. The van der Waals surface area contributed by atoms with Crippen LogP contribution in [0, 0.1) is 0 Å². The summed E-state index contributed by atoms with van der Waals surface area (Å²) in [6.07, 6.45) is 16.0. The first-order valence-corrected chi connectivity index (χ1v) is 9.42. The fraction of sp³-hybridized carbons (Fsp3) is 0.895. The van der Waals surface area contributed by atoms with Gasteiger partial charge >= 0.3 is 5.97 Å². The number of rotatable bonds is 16. The summed E-state index contributed by atoms with van der Waals surface area (Å²) in [5.74, 6) is -2.05. The molecule has 136 valence electrons. The molecule has 4 heteroatoms. The molecular formula is C19H36O4. The van der Waals surface area contributed by atoms with E-state index in [9.17, 15) is 14.7 Å². The van der Waals surface area contributed by atoms with Crippen molar-refractivity contribution in [2.45, 2.75) is 109 Å². The van der Waals surface area contributed by atoms with Crippen molar-refractivity contribution in [3.63, 3.8) is 0 Å². The van der Waals surface area contributed by atoms with Gasteiger partial charge in [0.25, 0.3) is 0 Å². The third-order valence-electron chi connectivity index (χ3n) is 4.47. The summed E-state index contributed by atoms with van der Waals surface area (Å²) in [6, 6.07) is 0. The van der Waals surface area contributed by atoms with Crippen molar-refractivity contribution in [1.82, 2.24) is 0 Å². The van der Waals surface area contributed by atoms with Gasteiger partial charge in [-0.15, -0.1) is 0 Å². The summed E-state index contributed by atoms with van der Waals surface area (Å²) in [5.41, 5.74) is -2.23. The number of carboxylic acids is 1. The summed E-state index contributed by atoms with van der Waals surface area (Å²) in [5, 5.41) is 18.2. The smallest absolute Gasteiger partial charge is 0.343 e. The van der Waals surface area contributed by atoms with Crippen LogP contribution in [0.25, 0.3) is 0 Å². The maximum atomic E-state index is 11.6. The normalized spacial score (nSPS) is 13.7. The number of hydrogen-bond donors (Lipinski definition) is 2. The Labute approximate surface area is 141 Å². The predicted octanol–water partition coefficient (Wildman–Crippen LogP) is 4.87. The second-order valence-electron chi connectivity index (χ2n) is 6.79. The molecule has 0 aromatic rings. The molecule has 0 radical (unpaired) electrons. The van der Waals surface area contributed by atoms with E-state index in [1.807, 2.05) is 0 Å². The van der Waals surface area contributed by atoms with Gasteiger partial charge in [0.05, 0.1) is 0 Å². The monoisotopic (exact) mass is 328 g/mol. The summed E-state index contributed by atoms with van der Waals surface area (Å²) >= 11 is 0. The van der Waals surface area contributed by atoms with Gasteiger partial charge in [-0.3, -0.25) is 4.79 Å². The zero-order valence-electron chi connectivity index (χ0n) is 15.1. The Hall–Kier alpha value is -0.900. The van der Waals surface area contributed by atoms with Gasteiger partial charge in [0.15, 0.2) is 5.78 Å². The van der Waals surface area contributed by atoms with E-state index in [-0.39, 0.29) is 6.42 Å². The molecule has 0 rings (SSSR count). The standard InChI is InChI=1S/C19H36O4/c1-3-4-5-6-7-8-9-10-11-12-13-14-15-16-17(20)19(2,23)18(21)22/h23H,3-16H2,1-2H3,(H,21,22). The molecule has 0 aliphatic heterocycles. The van der Waals surface area contributed by atoms with Crippen molar-refractivity contribution in [2.24, 2.45) is 0 Å². The van der Waals surface area contributed by atoms with E-state index < -0.39 is 17.4 Å². The Morgan fingerprint density at radius 1 is 0.739 bits per heavy atom. The number of ketones is 1. The van der Waals surface area contributed by atoms with Gasteiger partial charge < -0.3 is 10.2 Å². The topological polar surface area (TPSA) is 74.6 Å². The molecule has 0 amide bonds. The molecule has 0 aliphatic carbocycles. The molecule has 0 aliphatic rings. The van der Waals surface area contributed by atoms with Gasteiger partial charge in [0, 0.05) is 6.42 Å². The Balaban J connectivity index is 3.34. The molecular weight excluding hydrogens is 292 g/mol. The number of Topliss-reactive ketones (excluding diaryl/α,β-unsaturated/α-hetero) is 1. The maximum Gasteiger partial charge on any atom is 0.343 e. The number of hydrogen-bond acceptors (Lipinski definition) is 3. The zero-order valence-corrected chi connectivity index (χ0v) is 15.1. The molecule has 0 heterocycles. The lowest BCUT2D eigenvalue weighted by Crippen LogP contribution is -2.43. The minimum absolute atomic E-state index is 0.150. The first kappa shape index (κ1) is 22.1. The summed E-state index contributed by atoms with van der Waals surface area (Å²) in [7, 11) is 0. The number of aliphatic carboxylic acids is 1. The lowest BCUT2D eigenvalue weighted by molar-refractivity contribution is -0.163. The van der Waals surface area contributed by atoms with Crippen LogP contribution in [0.2, 0.25) is 0 Å². The maximum absolute atomic E-state index is 11.6. The number of unbranched alkanes of at least 4 members (excludes halogenated alkanes) is 12. The quantitative estimate of drug-likeness (QED) is 0.313. The highest BCUT2D eigenvalue weighted by Crippen LogP contribution is 2.15. The van der Waals surface area contributed by atoms with Gasteiger partial charge in [0.1, 0.15) is 0 Å². The molecule has 0 aromatic heterocycles. The van der Waals surface area contributed by atoms with E-state index in [1.54, 1.807) is 0 Å². The van der Waals surface area contributed by atoms with Gasteiger partial charge in [-0.2, -0.15) is 0 Å². The van der Waals surface area contributed by atoms with E-state index in [0.29, 0.717) is 6.42 Å². The Kier molecular flexibility index (Phi) is 13.0. The Morgan fingerprint density at radius 2 is 1.09 bits per heavy atom. The SMILES string of the molecule is CCCCCCCCCCCCCCCC(=O)C(C)(O)C(=O)O. The van der Waals surface area contributed by atoms with Gasteiger partial charge in [-0.25, -0.2) is 4.79 Å². The molecule has 4 nitrogen and oxygen atoms in total. The average Bonchev–Trinajstić information content (AvgIpc) is 2.51. The average molecular weight is 328 g/mol. The zero-order chi connectivity index (χ0) is 17.6.